The fourth-order valence-electron chi connectivity index (χ4n) is 3.54. The van der Waals surface area contributed by atoms with Crippen molar-refractivity contribution >= 4 is 22.8 Å². The second kappa shape index (κ2) is 7.46. The molecule has 8 nitrogen and oxygen atoms in total. The molecule has 0 aliphatic carbocycles. The molecule has 0 N–H and O–H groups in total. The molecule has 1 aromatic carbocycles. The summed E-state index contributed by atoms with van der Waals surface area (Å²) in [4.78, 5) is 25.6. The summed E-state index contributed by atoms with van der Waals surface area (Å²) in [6, 6.07) is 7.76. The molecule has 28 heavy (non-hydrogen) atoms. The predicted molar refractivity (Wildman–Crippen MR) is 106 cm³/mol. The fraction of sp³-hybridized carbons (Fsp3) is 0.400. The first kappa shape index (κ1) is 18.2. The first-order chi connectivity index (χ1) is 13.5. The number of piperazine rings is 1. The summed E-state index contributed by atoms with van der Waals surface area (Å²) in [5.41, 5.74) is 1.92. The van der Waals surface area contributed by atoms with Crippen LogP contribution in [-0.2, 0) is 11.8 Å². The van der Waals surface area contributed by atoms with Crippen molar-refractivity contribution in [1.29, 1.82) is 0 Å². The van der Waals surface area contributed by atoms with E-state index in [0.29, 0.717) is 26.2 Å². The number of hydrogen-bond donors (Lipinski definition) is 0. The van der Waals surface area contributed by atoms with Gasteiger partial charge in [-0.15, -0.1) is 0 Å². The number of carbonyl (C=O) groups is 1. The maximum Gasteiger partial charge on any atom is 0.263 e. The Morgan fingerprint density at radius 3 is 2.71 bits per heavy atom. The second-order valence-corrected chi connectivity index (χ2v) is 7.09. The van der Waals surface area contributed by atoms with Crippen LogP contribution in [0.25, 0.3) is 11.0 Å². The number of aryl methyl sites for hydroxylation is 2. The average molecular weight is 380 g/mol. The van der Waals surface area contributed by atoms with Crippen LogP contribution in [0.3, 0.4) is 0 Å². The summed E-state index contributed by atoms with van der Waals surface area (Å²) >= 11 is 0. The van der Waals surface area contributed by atoms with Crippen molar-refractivity contribution in [2.45, 2.75) is 20.0 Å². The van der Waals surface area contributed by atoms with Crippen LogP contribution < -0.4 is 9.64 Å². The SMILES string of the molecule is Cc1cccc(O[C@@H](C)C(=O)N2CCN(c3ncnc4c3cnn4C)CC2)c1. The molecule has 0 radical (unpaired) electrons. The summed E-state index contributed by atoms with van der Waals surface area (Å²) in [7, 11) is 1.87. The van der Waals surface area contributed by atoms with E-state index in [0.717, 1.165) is 28.2 Å². The van der Waals surface area contributed by atoms with Crippen molar-refractivity contribution in [2.24, 2.45) is 7.05 Å². The molecule has 0 unspecified atom stereocenters. The Bertz CT molecular complexity index is 993. The highest BCUT2D eigenvalue weighted by Gasteiger charge is 2.27. The zero-order valence-electron chi connectivity index (χ0n) is 16.4. The molecule has 2 aromatic heterocycles. The largest absolute Gasteiger partial charge is 0.481 e. The Labute approximate surface area is 163 Å². The van der Waals surface area contributed by atoms with Crippen molar-refractivity contribution in [2.75, 3.05) is 31.1 Å². The van der Waals surface area contributed by atoms with Gasteiger partial charge in [0.05, 0.1) is 11.6 Å². The molecule has 1 aliphatic rings. The number of nitrogens with zero attached hydrogens (tertiary/aromatic N) is 6. The quantitative estimate of drug-likeness (QED) is 0.687. The lowest BCUT2D eigenvalue weighted by molar-refractivity contribution is -0.138. The maximum absolute atomic E-state index is 12.8. The summed E-state index contributed by atoms with van der Waals surface area (Å²) in [5.74, 6) is 1.60. The van der Waals surface area contributed by atoms with Gasteiger partial charge in [0, 0.05) is 33.2 Å². The van der Waals surface area contributed by atoms with Crippen LogP contribution in [0, 0.1) is 6.92 Å². The molecule has 1 aliphatic heterocycles. The van der Waals surface area contributed by atoms with E-state index in [1.165, 1.54) is 0 Å². The van der Waals surface area contributed by atoms with E-state index < -0.39 is 6.10 Å². The van der Waals surface area contributed by atoms with Crippen LogP contribution in [0.4, 0.5) is 5.82 Å². The van der Waals surface area contributed by atoms with E-state index in [1.54, 1.807) is 24.1 Å². The smallest absolute Gasteiger partial charge is 0.263 e. The molecular formula is C20H24N6O2. The number of fused-ring (bicyclic) bond motifs is 1. The Morgan fingerprint density at radius 2 is 1.96 bits per heavy atom. The third-order valence-corrected chi connectivity index (χ3v) is 5.05. The number of carbonyl (C=O) groups excluding carboxylic acids is 1. The summed E-state index contributed by atoms with van der Waals surface area (Å²) < 4.78 is 7.59. The highest BCUT2D eigenvalue weighted by atomic mass is 16.5. The molecule has 1 saturated heterocycles. The highest BCUT2D eigenvalue weighted by molar-refractivity contribution is 5.87. The van der Waals surface area contributed by atoms with Crippen LogP contribution >= 0.6 is 0 Å². The minimum Gasteiger partial charge on any atom is -0.481 e. The minimum atomic E-state index is -0.516. The van der Waals surface area contributed by atoms with Crippen LogP contribution in [0.15, 0.2) is 36.8 Å². The summed E-state index contributed by atoms with van der Waals surface area (Å²) in [6.45, 7) is 6.50. The number of benzene rings is 1. The van der Waals surface area contributed by atoms with Gasteiger partial charge in [-0.2, -0.15) is 5.10 Å². The molecule has 4 rings (SSSR count). The molecule has 0 saturated carbocycles. The van der Waals surface area contributed by atoms with Crippen molar-refractivity contribution in [3.8, 4) is 5.75 Å². The van der Waals surface area contributed by atoms with E-state index >= 15 is 0 Å². The molecule has 1 atom stereocenters. The fourth-order valence-corrected chi connectivity index (χ4v) is 3.54. The Hall–Kier alpha value is -3.16. The van der Waals surface area contributed by atoms with Gasteiger partial charge in [-0.25, -0.2) is 9.97 Å². The van der Waals surface area contributed by atoms with Crippen LogP contribution in [-0.4, -0.2) is 62.8 Å². The van der Waals surface area contributed by atoms with Gasteiger partial charge >= 0.3 is 0 Å². The second-order valence-electron chi connectivity index (χ2n) is 7.09. The number of hydrogen-bond acceptors (Lipinski definition) is 6. The lowest BCUT2D eigenvalue weighted by Crippen LogP contribution is -2.52. The average Bonchev–Trinajstić information content (AvgIpc) is 3.09. The molecule has 1 amide bonds. The molecule has 0 bridgehead atoms. The van der Waals surface area contributed by atoms with Crippen LogP contribution in [0.1, 0.15) is 12.5 Å². The summed E-state index contributed by atoms with van der Waals surface area (Å²) in [6.07, 6.45) is 2.84. The molecule has 146 valence electrons. The van der Waals surface area contributed by atoms with Crippen molar-refractivity contribution in [3.05, 3.63) is 42.4 Å². The predicted octanol–water partition coefficient (Wildman–Crippen LogP) is 1.79. The van der Waals surface area contributed by atoms with Gasteiger partial charge in [0.1, 0.15) is 17.9 Å². The van der Waals surface area contributed by atoms with E-state index in [4.69, 9.17) is 4.74 Å². The topological polar surface area (TPSA) is 76.4 Å². The van der Waals surface area contributed by atoms with Gasteiger partial charge in [-0.1, -0.05) is 12.1 Å². The molecule has 3 aromatic rings. The zero-order chi connectivity index (χ0) is 19.7. The van der Waals surface area contributed by atoms with Crippen molar-refractivity contribution < 1.29 is 9.53 Å². The van der Waals surface area contributed by atoms with Crippen molar-refractivity contribution in [3.63, 3.8) is 0 Å². The first-order valence-electron chi connectivity index (χ1n) is 9.42. The van der Waals surface area contributed by atoms with E-state index in [1.807, 2.05) is 43.1 Å². The van der Waals surface area contributed by atoms with E-state index in [-0.39, 0.29) is 5.91 Å². The van der Waals surface area contributed by atoms with Gasteiger partial charge in [-0.3, -0.25) is 9.48 Å². The number of ether oxygens (including phenoxy) is 1. The zero-order valence-corrected chi connectivity index (χ0v) is 16.4. The monoisotopic (exact) mass is 380 g/mol. The number of anilines is 1. The number of aromatic nitrogens is 4. The van der Waals surface area contributed by atoms with Crippen LogP contribution in [0.5, 0.6) is 5.75 Å². The lowest BCUT2D eigenvalue weighted by atomic mass is 10.2. The first-order valence-corrected chi connectivity index (χ1v) is 9.42. The minimum absolute atomic E-state index is 0.00960. The standard InChI is InChI=1S/C20H24N6O2/c1-14-5-4-6-16(11-14)28-15(2)20(27)26-9-7-25(8-10-26)19-17-12-23-24(3)18(17)21-13-22-19/h4-6,11-13,15H,7-10H2,1-3H3/t15-/m0/s1. The van der Waals surface area contributed by atoms with E-state index in [9.17, 15) is 4.79 Å². The molecule has 8 heteroatoms. The van der Waals surface area contributed by atoms with Gasteiger partial charge in [-0.05, 0) is 31.5 Å². The Balaban J connectivity index is 1.40. The maximum atomic E-state index is 12.8. The number of rotatable bonds is 4. The molecule has 3 heterocycles. The van der Waals surface area contributed by atoms with E-state index in [2.05, 4.69) is 20.0 Å². The molecule has 1 fully saturated rings. The van der Waals surface area contributed by atoms with Crippen molar-refractivity contribution in [1.82, 2.24) is 24.6 Å². The Morgan fingerprint density at radius 1 is 1.18 bits per heavy atom. The summed E-state index contributed by atoms with van der Waals surface area (Å²) in [5, 5.41) is 5.20. The Kier molecular flexibility index (Phi) is 4.85. The highest BCUT2D eigenvalue weighted by Crippen LogP contribution is 2.23. The molecular weight excluding hydrogens is 356 g/mol. The third-order valence-electron chi connectivity index (χ3n) is 5.05. The van der Waals surface area contributed by atoms with Crippen LogP contribution in [0.2, 0.25) is 0 Å². The number of amides is 1. The van der Waals surface area contributed by atoms with Gasteiger partial charge in [0.25, 0.3) is 5.91 Å². The molecule has 0 spiro atoms. The van der Waals surface area contributed by atoms with Gasteiger partial charge < -0.3 is 14.5 Å². The van der Waals surface area contributed by atoms with Gasteiger partial charge in [0.2, 0.25) is 0 Å². The lowest BCUT2D eigenvalue weighted by Gasteiger charge is -2.36. The normalized spacial score (nSPS) is 15.7. The van der Waals surface area contributed by atoms with Gasteiger partial charge in [0.15, 0.2) is 11.8 Å². The third kappa shape index (κ3) is 3.49.